The van der Waals surface area contributed by atoms with E-state index in [1.165, 1.54) is 0 Å². The van der Waals surface area contributed by atoms with Crippen LogP contribution in [-0.2, 0) is 20.9 Å². The lowest BCUT2D eigenvalue weighted by atomic mass is 9.78. The fourth-order valence-corrected chi connectivity index (χ4v) is 5.94. The van der Waals surface area contributed by atoms with Crippen molar-refractivity contribution in [2.45, 2.75) is 78.1 Å². The molecule has 0 radical (unpaired) electrons. The van der Waals surface area contributed by atoms with Crippen LogP contribution in [0.3, 0.4) is 0 Å². The number of ketones is 1. The van der Waals surface area contributed by atoms with Crippen LogP contribution in [0.1, 0.15) is 94.3 Å². The normalized spacial score (nSPS) is 18.1. The molecule has 3 N–H and O–H groups in total. The van der Waals surface area contributed by atoms with E-state index in [0.29, 0.717) is 23.7 Å². The SMILES string of the molecule is CCCC1CN(CC(=O)c2cc(C(C)(C)C)c(O)c(C(C)(C)C)c2)C(=N)C1c1ccc(OCCNS(C)(=O)=O)cc1. The second-order valence-corrected chi connectivity index (χ2v) is 15.1. The van der Waals surface area contributed by atoms with Crippen LogP contribution in [0.25, 0.3) is 0 Å². The van der Waals surface area contributed by atoms with E-state index in [4.69, 9.17) is 10.1 Å². The zero-order chi connectivity index (χ0) is 30.8. The Balaban J connectivity index is 1.80. The summed E-state index contributed by atoms with van der Waals surface area (Å²) in [5, 5.41) is 20.1. The maximum absolute atomic E-state index is 13.7. The third-order valence-corrected chi connectivity index (χ3v) is 8.31. The molecule has 9 heteroatoms. The monoisotopic (exact) mass is 585 g/mol. The minimum Gasteiger partial charge on any atom is -0.507 e. The van der Waals surface area contributed by atoms with E-state index in [1.54, 1.807) is 0 Å². The third kappa shape index (κ3) is 8.32. The van der Waals surface area contributed by atoms with Gasteiger partial charge in [-0.3, -0.25) is 10.2 Å². The lowest BCUT2D eigenvalue weighted by Crippen LogP contribution is -2.32. The highest BCUT2D eigenvalue weighted by Gasteiger charge is 2.39. The Hall–Kier alpha value is -2.91. The smallest absolute Gasteiger partial charge is 0.208 e. The molecule has 0 aliphatic carbocycles. The number of ether oxygens (including phenoxy) is 1. The van der Waals surface area contributed by atoms with Gasteiger partial charge in [-0.25, -0.2) is 13.1 Å². The Morgan fingerprint density at radius 1 is 1.07 bits per heavy atom. The first kappa shape index (κ1) is 32.6. The highest BCUT2D eigenvalue weighted by Crippen LogP contribution is 2.41. The fraction of sp³-hybridized carbons (Fsp3) is 0.562. The number of phenols is 1. The van der Waals surface area contributed by atoms with Gasteiger partial charge < -0.3 is 14.7 Å². The van der Waals surface area contributed by atoms with Gasteiger partial charge in [-0.1, -0.05) is 67.0 Å². The minimum absolute atomic E-state index is 0.0619. The molecule has 1 heterocycles. The highest BCUT2D eigenvalue weighted by molar-refractivity contribution is 7.88. The van der Waals surface area contributed by atoms with Crippen LogP contribution in [0.2, 0.25) is 0 Å². The van der Waals surface area contributed by atoms with Gasteiger partial charge in [0.15, 0.2) is 5.78 Å². The summed E-state index contributed by atoms with van der Waals surface area (Å²) in [6, 6.07) is 11.2. The molecule has 2 aromatic carbocycles. The van der Waals surface area contributed by atoms with Crippen molar-refractivity contribution in [1.82, 2.24) is 9.62 Å². The van der Waals surface area contributed by atoms with Gasteiger partial charge in [-0.2, -0.15) is 0 Å². The Kier molecular flexibility index (Phi) is 9.96. The van der Waals surface area contributed by atoms with Crippen molar-refractivity contribution < 1.29 is 23.1 Å². The molecule has 0 aromatic heterocycles. The number of likely N-dealkylation sites (tertiary alicyclic amines) is 1. The minimum atomic E-state index is -3.26. The van der Waals surface area contributed by atoms with Gasteiger partial charge >= 0.3 is 0 Å². The first-order valence-electron chi connectivity index (χ1n) is 14.3. The molecule has 226 valence electrons. The van der Waals surface area contributed by atoms with E-state index < -0.39 is 10.0 Å². The molecule has 1 aliphatic rings. The zero-order valence-corrected chi connectivity index (χ0v) is 26.6. The first-order valence-corrected chi connectivity index (χ1v) is 16.2. The highest BCUT2D eigenvalue weighted by atomic mass is 32.2. The number of hydrogen-bond donors (Lipinski definition) is 3. The summed E-state index contributed by atoms with van der Waals surface area (Å²) in [6.07, 6.45) is 3.03. The number of amidine groups is 1. The van der Waals surface area contributed by atoms with Crippen LogP contribution >= 0.6 is 0 Å². The number of carbonyl (C=O) groups is 1. The molecular weight excluding hydrogens is 538 g/mol. The lowest BCUT2D eigenvalue weighted by molar-refractivity contribution is 0.0963. The van der Waals surface area contributed by atoms with Crippen molar-refractivity contribution in [2.24, 2.45) is 5.92 Å². The van der Waals surface area contributed by atoms with Crippen LogP contribution < -0.4 is 9.46 Å². The van der Waals surface area contributed by atoms with Gasteiger partial charge in [0.25, 0.3) is 0 Å². The van der Waals surface area contributed by atoms with Crippen molar-refractivity contribution in [3.8, 4) is 11.5 Å². The predicted octanol–water partition coefficient (Wildman–Crippen LogP) is 5.59. The summed E-state index contributed by atoms with van der Waals surface area (Å²) in [5.74, 6) is 1.34. The average Bonchev–Trinajstić information content (AvgIpc) is 3.14. The molecule has 0 saturated carbocycles. The molecule has 1 aliphatic heterocycles. The summed E-state index contributed by atoms with van der Waals surface area (Å²) in [5.41, 5.74) is 2.39. The molecule has 1 saturated heterocycles. The van der Waals surface area contributed by atoms with Crippen molar-refractivity contribution in [3.05, 3.63) is 58.7 Å². The molecule has 2 unspecified atom stereocenters. The van der Waals surface area contributed by atoms with Crippen LogP contribution in [0, 0.1) is 11.3 Å². The largest absolute Gasteiger partial charge is 0.507 e. The number of benzene rings is 2. The van der Waals surface area contributed by atoms with E-state index in [2.05, 4.69) is 11.6 Å². The molecule has 3 rings (SSSR count). The molecule has 0 bridgehead atoms. The second-order valence-electron chi connectivity index (χ2n) is 13.2. The van der Waals surface area contributed by atoms with Crippen LogP contribution in [0.15, 0.2) is 36.4 Å². The lowest BCUT2D eigenvalue weighted by Gasteiger charge is -2.28. The number of rotatable bonds is 11. The Labute approximate surface area is 246 Å². The van der Waals surface area contributed by atoms with E-state index in [-0.39, 0.29) is 53.9 Å². The van der Waals surface area contributed by atoms with Crippen molar-refractivity contribution in [1.29, 1.82) is 5.41 Å². The van der Waals surface area contributed by atoms with Crippen LogP contribution in [0.4, 0.5) is 0 Å². The van der Waals surface area contributed by atoms with Crippen LogP contribution in [-0.4, -0.2) is 62.5 Å². The maximum atomic E-state index is 13.7. The van der Waals surface area contributed by atoms with Gasteiger partial charge in [0.05, 0.1) is 12.8 Å². The quantitative estimate of drug-likeness (QED) is 0.234. The molecule has 8 nitrogen and oxygen atoms in total. The van der Waals surface area contributed by atoms with E-state index in [9.17, 15) is 18.3 Å². The number of phenolic OH excluding ortho intramolecular Hbond substituents is 1. The topological polar surface area (TPSA) is 120 Å². The Morgan fingerprint density at radius 2 is 1.63 bits per heavy atom. The van der Waals surface area contributed by atoms with Gasteiger partial charge in [-0.15, -0.1) is 0 Å². The number of carbonyl (C=O) groups excluding carboxylic acids is 1. The van der Waals surface area contributed by atoms with E-state index in [1.807, 2.05) is 82.8 Å². The third-order valence-electron chi connectivity index (χ3n) is 7.58. The van der Waals surface area contributed by atoms with Crippen LogP contribution in [0.5, 0.6) is 11.5 Å². The summed E-state index contributed by atoms with van der Waals surface area (Å²) < 4.78 is 30.5. The summed E-state index contributed by atoms with van der Waals surface area (Å²) >= 11 is 0. The predicted molar refractivity (Wildman–Crippen MR) is 165 cm³/mol. The number of Topliss-reactive ketones (excluding diaryl/α,β-unsaturated/α-hetero) is 1. The summed E-state index contributed by atoms with van der Waals surface area (Å²) in [6.45, 7) is 15.5. The fourth-order valence-electron chi connectivity index (χ4n) is 5.49. The van der Waals surface area contributed by atoms with Crippen molar-refractivity contribution in [2.75, 3.05) is 32.5 Å². The average molecular weight is 586 g/mol. The molecule has 2 aromatic rings. The Morgan fingerprint density at radius 3 is 2.12 bits per heavy atom. The summed E-state index contributed by atoms with van der Waals surface area (Å²) in [4.78, 5) is 15.6. The van der Waals surface area contributed by atoms with E-state index in [0.717, 1.165) is 35.8 Å². The molecule has 0 spiro atoms. The van der Waals surface area contributed by atoms with Gasteiger partial charge in [0.2, 0.25) is 10.0 Å². The molecule has 0 amide bonds. The second kappa shape index (κ2) is 12.5. The molecule has 1 fully saturated rings. The maximum Gasteiger partial charge on any atom is 0.208 e. The van der Waals surface area contributed by atoms with Gasteiger partial charge in [0.1, 0.15) is 23.9 Å². The number of nitrogens with one attached hydrogen (secondary N) is 2. The standard InChI is InChI=1S/C32H47N3O5S/c1-9-10-22-19-35(20-27(36)23-17-25(31(2,3)4)29(37)26(18-23)32(5,6)7)30(33)28(22)21-11-13-24(14-12-21)40-16-15-34-41(8,38)39/h11-14,17-18,22,28,33-34,37H,9-10,15-16,19-20H2,1-8H3. The number of aromatic hydroxyl groups is 1. The number of nitrogens with zero attached hydrogens (tertiary/aromatic N) is 1. The summed E-state index contributed by atoms with van der Waals surface area (Å²) in [7, 11) is -3.26. The van der Waals surface area contributed by atoms with Crippen molar-refractivity contribution >= 4 is 21.6 Å². The zero-order valence-electron chi connectivity index (χ0n) is 25.8. The first-order chi connectivity index (χ1) is 18.9. The van der Waals surface area contributed by atoms with E-state index >= 15 is 0 Å². The van der Waals surface area contributed by atoms with Gasteiger partial charge in [-0.05, 0) is 53.0 Å². The van der Waals surface area contributed by atoms with Gasteiger partial charge in [0, 0.05) is 35.7 Å². The molecule has 2 atom stereocenters. The number of sulfonamides is 1. The molecule has 41 heavy (non-hydrogen) atoms. The Bertz CT molecular complexity index is 1320. The van der Waals surface area contributed by atoms with Crippen molar-refractivity contribution in [3.63, 3.8) is 0 Å². The molecular formula is C32H47N3O5S. The number of hydrogen-bond acceptors (Lipinski definition) is 6.